The highest BCUT2D eigenvalue weighted by molar-refractivity contribution is 6.30. The molecule has 0 fully saturated rings. The molecule has 4 rings (SSSR count). The number of hydrogen-bond acceptors (Lipinski definition) is 3. The molecule has 1 atom stereocenters. The zero-order valence-corrected chi connectivity index (χ0v) is 16.3. The first-order chi connectivity index (χ1) is 13.5. The van der Waals surface area contributed by atoms with Crippen molar-refractivity contribution in [2.75, 3.05) is 7.11 Å². The summed E-state index contributed by atoms with van der Waals surface area (Å²) in [4.78, 5) is 19.0. The van der Waals surface area contributed by atoms with Crippen LogP contribution in [-0.2, 0) is 17.0 Å². The number of nitrogens with zero attached hydrogens (tertiary/aromatic N) is 2. The van der Waals surface area contributed by atoms with Crippen LogP contribution in [0.25, 0.3) is 0 Å². The average Bonchev–Trinajstić information content (AvgIpc) is 2.94. The molecule has 7 heteroatoms. The number of hydrogen-bond donors (Lipinski definition) is 0. The van der Waals surface area contributed by atoms with Gasteiger partial charge in [0.05, 0.1) is 28.4 Å². The summed E-state index contributed by atoms with van der Waals surface area (Å²) in [7, 11) is 1.45. The average molecular weight is 417 g/mol. The van der Waals surface area contributed by atoms with Crippen LogP contribution in [0.15, 0.2) is 60.8 Å². The number of amides is 1. The lowest BCUT2D eigenvalue weighted by Crippen LogP contribution is -2.46. The highest BCUT2D eigenvalue weighted by Gasteiger charge is 2.53. The van der Waals surface area contributed by atoms with Gasteiger partial charge in [-0.25, -0.2) is 4.39 Å². The van der Waals surface area contributed by atoms with Gasteiger partial charge in [-0.05, 0) is 36.4 Å². The van der Waals surface area contributed by atoms with Crippen molar-refractivity contribution in [1.82, 2.24) is 9.88 Å². The molecule has 142 valence electrons. The number of pyridine rings is 1. The fourth-order valence-corrected chi connectivity index (χ4v) is 3.86. The van der Waals surface area contributed by atoms with Gasteiger partial charge in [0.2, 0.25) is 0 Å². The van der Waals surface area contributed by atoms with E-state index in [4.69, 9.17) is 27.9 Å². The maximum atomic E-state index is 15.0. The molecule has 0 radical (unpaired) electrons. The second-order valence-electron chi connectivity index (χ2n) is 6.38. The Morgan fingerprint density at radius 3 is 2.43 bits per heavy atom. The Bertz CT molecular complexity index is 1040. The smallest absolute Gasteiger partial charge is 0.257 e. The Morgan fingerprint density at radius 1 is 1.07 bits per heavy atom. The maximum Gasteiger partial charge on any atom is 0.257 e. The molecule has 4 nitrogen and oxygen atoms in total. The lowest BCUT2D eigenvalue weighted by atomic mass is 9.93. The minimum absolute atomic E-state index is 0.112. The fourth-order valence-electron chi connectivity index (χ4n) is 3.62. The van der Waals surface area contributed by atoms with Gasteiger partial charge in [0.25, 0.3) is 5.91 Å². The summed E-state index contributed by atoms with van der Waals surface area (Å²) < 4.78 is 20.8. The third kappa shape index (κ3) is 2.87. The van der Waals surface area contributed by atoms with Crippen LogP contribution < -0.4 is 0 Å². The van der Waals surface area contributed by atoms with Crippen molar-refractivity contribution in [1.29, 1.82) is 0 Å². The van der Waals surface area contributed by atoms with Gasteiger partial charge in [0.15, 0.2) is 5.72 Å². The summed E-state index contributed by atoms with van der Waals surface area (Å²) in [5, 5.41) is 1.01. The molecule has 0 spiro atoms. The van der Waals surface area contributed by atoms with Gasteiger partial charge in [0, 0.05) is 23.9 Å². The SMILES string of the molecule is COC1(c2ccc(Cl)cc2)c2c(F)cccc2C(=O)N1Cc1ccc(Cl)cn1. The molecule has 1 aromatic heterocycles. The van der Waals surface area contributed by atoms with Crippen molar-refractivity contribution in [3.8, 4) is 0 Å². The predicted octanol–water partition coefficient (Wildman–Crippen LogP) is 5.03. The molecule has 0 bridgehead atoms. The van der Waals surface area contributed by atoms with E-state index in [2.05, 4.69) is 4.98 Å². The summed E-state index contributed by atoms with van der Waals surface area (Å²) in [6.45, 7) is 0.112. The molecule has 3 aromatic rings. The summed E-state index contributed by atoms with van der Waals surface area (Å²) in [6, 6.07) is 14.6. The van der Waals surface area contributed by atoms with E-state index in [1.54, 1.807) is 42.5 Å². The number of fused-ring (bicyclic) bond motifs is 1. The molecule has 1 aliphatic rings. The predicted molar refractivity (Wildman–Crippen MR) is 105 cm³/mol. The number of benzene rings is 2. The second kappa shape index (κ2) is 7.17. The number of ether oxygens (including phenoxy) is 1. The lowest BCUT2D eigenvalue weighted by molar-refractivity contribution is -0.0885. The number of rotatable bonds is 4. The number of carbonyl (C=O) groups excluding carboxylic acids is 1. The summed E-state index contributed by atoms with van der Waals surface area (Å²) >= 11 is 11.9. The van der Waals surface area contributed by atoms with Crippen LogP contribution in [0.1, 0.15) is 27.2 Å². The normalized spacial score (nSPS) is 18.4. The van der Waals surface area contributed by atoms with Crippen molar-refractivity contribution >= 4 is 29.1 Å². The monoisotopic (exact) mass is 416 g/mol. The van der Waals surface area contributed by atoms with Crippen molar-refractivity contribution in [3.05, 3.63) is 99.0 Å². The number of methoxy groups -OCH3 is 1. The van der Waals surface area contributed by atoms with E-state index >= 15 is 0 Å². The minimum atomic E-state index is -1.44. The Hall–Kier alpha value is -2.47. The van der Waals surface area contributed by atoms with Crippen molar-refractivity contribution in [3.63, 3.8) is 0 Å². The van der Waals surface area contributed by atoms with Crippen LogP contribution in [0.5, 0.6) is 0 Å². The third-order valence-corrected chi connectivity index (χ3v) is 5.32. The molecule has 0 aliphatic carbocycles. The Morgan fingerprint density at radius 2 is 1.79 bits per heavy atom. The lowest BCUT2D eigenvalue weighted by Gasteiger charge is -2.38. The molecule has 2 aromatic carbocycles. The van der Waals surface area contributed by atoms with Crippen LogP contribution in [0.2, 0.25) is 10.0 Å². The van der Waals surface area contributed by atoms with Gasteiger partial charge in [-0.3, -0.25) is 14.7 Å². The molecule has 0 saturated carbocycles. The summed E-state index contributed by atoms with van der Waals surface area (Å²) in [5.74, 6) is -0.864. The Labute approximate surface area is 171 Å². The molecular weight excluding hydrogens is 402 g/mol. The molecular formula is C21H15Cl2FN2O2. The molecule has 1 aliphatic heterocycles. The van der Waals surface area contributed by atoms with Gasteiger partial charge in [-0.2, -0.15) is 0 Å². The summed E-state index contributed by atoms with van der Waals surface area (Å²) in [5.41, 5.74) is 0.181. The van der Waals surface area contributed by atoms with E-state index in [-0.39, 0.29) is 23.6 Å². The Kier molecular flexibility index (Phi) is 4.83. The zero-order valence-electron chi connectivity index (χ0n) is 14.8. The largest absolute Gasteiger partial charge is 0.350 e. The number of halogens is 3. The van der Waals surface area contributed by atoms with Crippen LogP contribution in [0.3, 0.4) is 0 Å². The van der Waals surface area contributed by atoms with Crippen LogP contribution >= 0.6 is 23.2 Å². The molecule has 0 saturated heterocycles. The molecule has 0 N–H and O–H groups in total. The minimum Gasteiger partial charge on any atom is -0.350 e. The third-order valence-electron chi connectivity index (χ3n) is 4.85. The van der Waals surface area contributed by atoms with Crippen molar-refractivity contribution in [2.24, 2.45) is 0 Å². The van der Waals surface area contributed by atoms with E-state index in [0.717, 1.165) is 0 Å². The standard InChI is InChI=1S/C21H15Cl2FN2O2/c1-28-21(13-5-7-14(22)8-6-13)19-17(3-2-4-18(19)24)20(27)26(21)12-16-10-9-15(23)11-25-16/h2-11H,12H2,1H3. The highest BCUT2D eigenvalue weighted by Crippen LogP contribution is 2.46. The van der Waals surface area contributed by atoms with Gasteiger partial charge in [0.1, 0.15) is 5.82 Å². The first kappa shape index (κ1) is 18.9. The highest BCUT2D eigenvalue weighted by atomic mass is 35.5. The van der Waals surface area contributed by atoms with Gasteiger partial charge < -0.3 is 4.74 Å². The van der Waals surface area contributed by atoms with Crippen LogP contribution in [0.4, 0.5) is 4.39 Å². The first-order valence-electron chi connectivity index (χ1n) is 8.50. The summed E-state index contributed by atoms with van der Waals surface area (Å²) in [6.07, 6.45) is 1.50. The van der Waals surface area contributed by atoms with E-state index < -0.39 is 11.5 Å². The van der Waals surface area contributed by atoms with Crippen molar-refractivity contribution in [2.45, 2.75) is 12.3 Å². The molecule has 2 heterocycles. The van der Waals surface area contributed by atoms with Crippen molar-refractivity contribution < 1.29 is 13.9 Å². The maximum absolute atomic E-state index is 15.0. The van der Waals surface area contributed by atoms with E-state index in [0.29, 0.717) is 21.3 Å². The number of carbonyl (C=O) groups is 1. The van der Waals surface area contributed by atoms with E-state index in [1.165, 1.54) is 30.3 Å². The van der Waals surface area contributed by atoms with Gasteiger partial charge in [-0.1, -0.05) is 41.4 Å². The molecule has 1 amide bonds. The quantitative estimate of drug-likeness (QED) is 0.598. The van der Waals surface area contributed by atoms with Gasteiger partial charge >= 0.3 is 0 Å². The fraction of sp³-hybridized carbons (Fsp3) is 0.143. The number of aromatic nitrogens is 1. The second-order valence-corrected chi connectivity index (χ2v) is 7.25. The van der Waals surface area contributed by atoms with Crippen LogP contribution in [0, 0.1) is 5.82 Å². The molecule has 1 unspecified atom stereocenters. The van der Waals surface area contributed by atoms with Gasteiger partial charge in [-0.15, -0.1) is 0 Å². The first-order valence-corrected chi connectivity index (χ1v) is 9.25. The van der Waals surface area contributed by atoms with E-state index in [1.807, 2.05) is 0 Å². The molecule has 28 heavy (non-hydrogen) atoms. The topological polar surface area (TPSA) is 42.4 Å². The van der Waals surface area contributed by atoms with Crippen LogP contribution in [-0.4, -0.2) is 22.9 Å². The van der Waals surface area contributed by atoms with E-state index in [9.17, 15) is 9.18 Å². The zero-order chi connectivity index (χ0) is 19.9. The Balaban J connectivity index is 1.92.